The molecule has 3 saturated heterocycles. The first-order valence-corrected chi connectivity index (χ1v) is 8.38. The van der Waals surface area contributed by atoms with Crippen LogP contribution in [0.15, 0.2) is 0 Å². The SMILES string of the molecule is CC(C)[C@@H]1C(=O)NCCN1C(=O)CC1C[C@@H]2CC[C@@H](C1)N2. The van der Waals surface area contributed by atoms with Gasteiger partial charge in [-0.05, 0) is 37.5 Å². The minimum absolute atomic E-state index is 0.00924. The third kappa shape index (κ3) is 3.07. The number of nitrogens with zero attached hydrogens (tertiary/aromatic N) is 1. The lowest BCUT2D eigenvalue weighted by atomic mass is 9.88. The van der Waals surface area contributed by atoms with Crippen molar-refractivity contribution in [2.24, 2.45) is 11.8 Å². The largest absolute Gasteiger partial charge is 0.353 e. The van der Waals surface area contributed by atoms with E-state index in [-0.39, 0.29) is 23.8 Å². The van der Waals surface area contributed by atoms with Crippen molar-refractivity contribution < 1.29 is 9.59 Å². The lowest BCUT2D eigenvalue weighted by Gasteiger charge is -2.38. The number of piperidine rings is 1. The van der Waals surface area contributed by atoms with Gasteiger partial charge in [0.25, 0.3) is 0 Å². The van der Waals surface area contributed by atoms with Gasteiger partial charge in [-0.2, -0.15) is 0 Å². The van der Waals surface area contributed by atoms with Gasteiger partial charge in [0.2, 0.25) is 11.8 Å². The van der Waals surface area contributed by atoms with Gasteiger partial charge in [0.1, 0.15) is 6.04 Å². The molecule has 3 aliphatic rings. The predicted molar refractivity (Wildman–Crippen MR) is 80.6 cm³/mol. The first kappa shape index (κ1) is 14.8. The molecule has 2 amide bonds. The number of amides is 2. The van der Waals surface area contributed by atoms with Crippen LogP contribution in [0.1, 0.15) is 46.0 Å². The highest BCUT2D eigenvalue weighted by Gasteiger charge is 2.38. The summed E-state index contributed by atoms with van der Waals surface area (Å²) in [5.74, 6) is 0.845. The molecule has 3 atom stereocenters. The monoisotopic (exact) mass is 293 g/mol. The van der Waals surface area contributed by atoms with Gasteiger partial charge in [-0.15, -0.1) is 0 Å². The number of nitrogens with one attached hydrogen (secondary N) is 2. The number of piperazine rings is 1. The molecular formula is C16H27N3O2. The Bertz CT molecular complexity index is 412. The van der Waals surface area contributed by atoms with E-state index < -0.39 is 0 Å². The topological polar surface area (TPSA) is 61.4 Å². The normalized spacial score (nSPS) is 36.0. The summed E-state index contributed by atoms with van der Waals surface area (Å²) in [6.45, 7) is 5.28. The van der Waals surface area contributed by atoms with Crippen LogP contribution in [0.2, 0.25) is 0 Å². The van der Waals surface area contributed by atoms with Gasteiger partial charge in [-0.25, -0.2) is 0 Å². The van der Waals surface area contributed by atoms with Gasteiger partial charge < -0.3 is 15.5 Å². The van der Waals surface area contributed by atoms with Crippen molar-refractivity contribution in [3.05, 3.63) is 0 Å². The van der Waals surface area contributed by atoms with E-state index in [1.54, 1.807) is 0 Å². The first-order chi connectivity index (χ1) is 10.0. The van der Waals surface area contributed by atoms with Crippen molar-refractivity contribution >= 4 is 11.8 Å². The fourth-order valence-electron chi connectivity index (χ4n) is 4.33. The highest BCUT2D eigenvalue weighted by molar-refractivity contribution is 5.89. The van der Waals surface area contributed by atoms with E-state index in [0.717, 1.165) is 12.8 Å². The average Bonchev–Trinajstić information content (AvgIpc) is 2.77. The second-order valence-electron chi connectivity index (χ2n) is 7.25. The molecule has 0 unspecified atom stereocenters. The summed E-state index contributed by atoms with van der Waals surface area (Å²) in [6.07, 6.45) is 5.38. The van der Waals surface area contributed by atoms with Crippen molar-refractivity contribution in [1.29, 1.82) is 0 Å². The Kier molecular flexibility index (Phi) is 4.20. The number of hydrogen-bond donors (Lipinski definition) is 2. The third-order valence-corrected chi connectivity index (χ3v) is 5.24. The molecule has 2 N–H and O–H groups in total. The smallest absolute Gasteiger partial charge is 0.243 e. The number of carbonyl (C=O) groups excluding carboxylic acids is 2. The van der Waals surface area contributed by atoms with E-state index in [0.29, 0.717) is 37.5 Å². The maximum Gasteiger partial charge on any atom is 0.243 e. The van der Waals surface area contributed by atoms with Crippen LogP contribution in [-0.4, -0.2) is 47.9 Å². The number of rotatable bonds is 3. The Labute approximate surface area is 126 Å². The second-order valence-corrected chi connectivity index (χ2v) is 7.25. The van der Waals surface area contributed by atoms with Gasteiger partial charge in [-0.3, -0.25) is 9.59 Å². The maximum absolute atomic E-state index is 12.7. The zero-order valence-electron chi connectivity index (χ0n) is 13.1. The summed E-state index contributed by atoms with van der Waals surface area (Å²) in [6, 6.07) is 0.948. The van der Waals surface area contributed by atoms with Gasteiger partial charge >= 0.3 is 0 Å². The van der Waals surface area contributed by atoms with Crippen molar-refractivity contribution in [2.45, 2.75) is 64.1 Å². The van der Waals surface area contributed by atoms with E-state index >= 15 is 0 Å². The summed E-state index contributed by atoms with van der Waals surface area (Å²) < 4.78 is 0. The molecule has 3 aliphatic heterocycles. The van der Waals surface area contributed by atoms with Gasteiger partial charge in [0.05, 0.1) is 0 Å². The molecule has 3 rings (SSSR count). The maximum atomic E-state index is 12.7. The van der Waals surface area contributed by atoms with Gasteiger partial charge in [0.15, 0.2) is 0 Å². The summed E-state index contributed by atoms with van der Waals surface area (Å²) in [4.78, 5) is 26.6. The molecule has 5 heteroatoms. The second kappa shape index (κ2) is 5.95. The van der Waals surface area contributed by atoms with Crippen molar-refractivity contribution in [2.75, 3.05) is 13.1 Å². The van der Waals surface area contributed by atoms with Crippen LogP contribution in [0.5, 0.6) is 0 Å². The average molecular weight is 293 g/mol. The van der Waals surface area contributed by atoms with E-state index in [4.69, 9.17) is 0 Å². The number of fused-ring (bicyclic) bond motifs is 2. The Balaban J connectivity index is 1.62. The fraction of sp³-hybridized carbons (Fsp3) is 0.875. The molecule has 5 nitrogen and oxygen atoms in total. The molecule has 3 fully saturated rings. The summed E-state index contributed by atoms with van der Waals surface area (Å²) in [7, 11) is 0. The molecule has 2 bridgehead atoms. The zero-order chi connectivity index (χ0) is 15.0. The van der Waals surface area contributed by atoms with E-state index in [1.807, 2.05) is 18.7 Å². The fourth-order valence-corrected chi connectivity index (χ4v) is 4.33. The van der Waals surface area contributed by atoms with Crippen LogP contribution in [0, 0.1) is 11.8 Å². The summed E-state index contributed by atoms with van der Waals surface area (Å²) >= 11 is 0. The van der Waals surface area contributed by atoms with E-state index in [2.05, 4.69) is 10.6 Å². The predicted octanol–water partition coefficient (Wildman–Crippen LogP) is 0.890. The van der Waals surface area contributed by atoms with Gasteiger partial charge in [-0.1, -0.05) is 13.8 Å². The van der Waals surface area contributed by atoms with Crippen LogP contribution in [0.25, 0.3) is 0 Å². The highest BCUT2D eigenvalue weighted by Crippen LogP contribution is 2.33. The van der Waals surface area contributed by atoms with E-state index in [1.165, 1.54) is 12.8 Å². The Morgan fingerprint density at radius 2 is 1.95 bits per heavy atom. The molecule has 0 aromatic heterocycles. The van der Waals surface area contributed by atoms with Crippen LogP contribution in [-0.2, 0) is 9.59 Å². The molecule has 21 heavy (non-hydrogen) atoms. The third-order valence-electron chi connectivity index (χ3n) is 5.24. The lowest BCUT2D eigenvalue weighted by molar-refractivity contribution is -0.145. The Morgan fingerprint density at radius 3 is 2.57 bits per heavy atom. The number of carbonyl (C=O) groups is 2. The molecule has 0 saturated carbocycles. The molecule has 0 aromatic rings. The molecular weight excluding hydrogens is 266 g/mol. The minimum atomic E-state index is -0.287. The Morgan fingerprint density at radius 1 is 1.29 bits per heavy atom. The highest BCUT2D eigenvalue weighted by atomic mass is 16.2. The Hall–Kier alpha value is -1.10. The molecule has 0 spiro atoms. The lowest BCUT2D eigenvalue weighted by Crippen LogP contribution is -2.59. The van der Waals surface area contributed by atoms with Crippen molar-refractivity contribution in [3.8, 4) is 0 Å². The van der Waals surface area contributed by atoms with E-state index in [9.17, 15) is 9.59 Å². The van der Waals surface area contributed by atoms with Crippen LogP contribution < -0.4 is 10.6 Å². The van der Waals surface area contributed by atoms with Crippen LogP contribution >= 0.6 is 0 Å². The molecule has 0 aromatic carbocycles. The molecule has 118 valence electrons. The zero-order valence-corrected chi connectivity index (χ0v) is 13.1. The summed E-state index contributed by atoms with van der Waals surface area (Å²) in [5, 5.41) is 6.50. The quantitative estimate of drug-likeness (QED) is 0.812. The van der Waals surface area contributed by atoms with Crippen molar-refractivity contribution in [3.63, 3.8) is 0 Å². The van der Waals surface area contributed by atoms with Crippen LogP contribution in [0.4, 0.5) is 0 Å². The molecule has 0 radical (unpaired) electrons. The number of hydrogen-bond acceptors (Lipinski definition) is 3. The van der Waals surface area contributed by atoms with Crippen molar-refractivity contribution in [1.82, 2.24) is 15.5 Å². The van der Waals surface area contributed by atoms with Crippen LogP contribution in [0.3, 0.4) is 0 Å². The molecule has 0 aliphatic carbocycles. The standard InChI is InChI=1S/C16H27N3O2/c1-10(2)15-16(21)17-5-6-19(15)14(20)9-11-7-12-3-4-13(8-11)18-12/h10-13,15,18H,3-9H2,1-2H3,(H,17,21)/t12-,13-,15+/m0/s1. The minimum Gasteiger partial charge on any atom is -0.353 e. The summed E-state index contributed by atoms with van der Waals surface area (Å²) in [5.41, 5.74) is 0. The van der Waals surface area contributed by atoms with Gasteiger partial charge in [0, 0.05) is 31.6 Å². The first-order valence-electron chi connectivity index (χ1n) is 8.38. The molecule has 3 heterocycles.